The number of rotatable bonds is 4. The second-order valence-electron chi connectivity index (χ2n) is 5.25. The Balaban J connectivity index is 2.27. The third-order valence-corrected chi connectivity index (χ3v) is 4.96. The monoisotopic (exact) mass is 317 g/mol. The lowest BCUT2D eigenvalue weighted by Crippen LogP contribution is -2.31. The van der Waals surface area contributed by atoms with Crippen molar-refractivity contribution in [3.05, 3.63) is 64.7 Å². The van der Waals surface area contributed by atoms with E-state index in [4.69, 9.17) is 0 Å². The van der Waals surface area contributed by atoms with Crippen LogP contribution < -0.4 is 4.72 Å². The number of amides is 1. The number of benzene rings is 2. The van der Waals surface area contributed by atoms with E-state index in [2.05, 4.69) is 4.72 Å². The number of carbonyl (C=O) groups excluding carboxylic acids is 1. The molecule has 0 aliphatic heterocycles. The molecule has 0 heterocycles. The van der Waals surface area contributed by atoms with E-state index in [-0.39, 0.29) is 4.90 Å². The molecule has 0 saturated heterocycles. The molecule has 0 spiro atoms. The van der Waals surface area contributed by atoms with Crippen LogP contribution >= 0.6 is 0 Å². The molecule has 0 aliphatic rings. The summed E-state index contributed by atoms with van der Waals surface area (Å²) in [7, 11) is -3.88. The smallest absolute Gasteiger partial charge is 0.264 e. The second kappa shape index (κ2) is 6.32. The fourth-order valence-corrected chi connectivity index (χ4v) is 3.43. The normalized spacial score (nSPS) is 11.2. The molecule has 4 nitrogen and oxygen atoms in total. The van der Waals surface area contributed by atoms with Gasteiger partial charge in [-0.3, -0.25) is 4.79 Å². The van der Waals surface area contributed by atoms with Crippen LogP contribution in [0.25, 0.3) is 0 Å². The fraction of sp³-hybridized carbons (Fsp3) is 0.235. The fourth-order valence-electron chi connectivity index (χ4n) is 2.12. The summed E-state index contributed by atoms with van der Waals surface area (Å²) < 4.78 is 26.9. The Morgan fingerprint density at radius 1 is 1.05 bits per heavy atom. The van der Waals surface area contributed by atoms with E-state index in [1.54, 1.807) is 31.2 Å². The number of aryl methyl sites for hydroxylation is 3. The van der Waals surface area contributed by atoms with Crippen molar-refractivity contribution < 1.29 is 13.2 Å². The lowest BCUT2D eigenvalue weighted by Gasteiger charge is -2.10. The van der Waals surface area contributed by atoms with Crippen molar-refractivity contribution in [2.45, 2.75) is 32.1 Å². The van der Waals surface area contributed by atoms with Gasteiger partial charge in [0.1, 0.15) is 0 Å². The summed E-state index contributed by atoms with van der Waals surface area (Å²) >= 11 is 0. The minimum Gasteiger partial charge on any atom is -0.268 e. The Morgan fingerprint density at radius 3 is 2.27 bits per heavy atom. The second-order valence-corrected chi connectivity index (χ2v) is 6.90. The molecule has 0 fully saturated rings. The quantitative estimate of drug-likeness (QED) is 0.943. The van der Waals surface area contributed by atoms with Crippen LogP contribution in [0.15, 0.2) is 47.4 Å². The zero-order valence-corrected chi connectivity index (χ0v) is 13.7. The van der Waals surface area contributed by atoms with E-state index in [1.165, 1.54) is 0 Å². The largest absolute Gasteiger partial charge is 0.268 e. The molecule has 22 heavy (non-hydrogen) atoms. The standard InChI is InChI=1S/C17H19NO3S/c1-4-14-7-9-15(10-8-14)17(19)18-22(20,21)16-11-12(2)5-6-13(16)3/h5-11H,4H2,1-3H3,(H,18,19). The van der Waals surface area contributed by atoms with Gasteiger partial charge in [0.2, 0.25) is 0 Å². The van der Waals surface area contributed by atoms with Crippen molar-refractivity contribution >= 4 is 15.9 Å². The number of hydrogen-bond acceptors (Lipinski definition) is 3. The number of sulfonamides is 1. The van der Waals surface area contributed by atoms with Crippen molar-refractivity contribution in [2.24, 2.45) is 0 Å². The van der Waals surface area contributed by atoms with E-state index in [0.29, 0.717) is 11.1 Å². The first-order valence-electron chi connectivity index (χ1n) is 7.07. The van der Waals surface area contributed by atoms with Gasteiger partial charge in [-0.25, -0.2) is 13.1 Å². The van der Waals surface area contributed by atoms with Crippen LogP contribution in [0.4, 0.5) is 0 Å². The van der Waals surface area contributed by atoms with E-state index in [1.807, 2.05) is 32.0 Å². The van der Waals surface area contributed by atoms with Gasteiger partial charge in [0.15, 0.2) is 0 Å². The van der Waals surface area contributed by atoms with E-state index >= 15 is 0 Å². The third kappa shape index (κ3) is 3.54. The summed E-state index contributed by atoms with van der Waals surface area (Å²) in [6.45, 7) is 5.53. The molecule has 0 saturated carbocycles. The summed E-state index contributed by atoms with van der Waals surface area (Å²) in [5, 5.41) is 0. The highest BCUT2D eigenvalue weighted by Crippen LogP contribution is 2.17. The summed E-state index contributed by atoms with van der Waals surface area (Å²) in [6, 6.07) is 12.0. The highest BCUT2D eigenvalue weighted by Gasteiger charge is 2.20. The van der Waals surface area contributed by atoms with Gasteiger partial charge in [0.05, 0.1) is 4.90 Å². The predicted octanol–water partition coefficient (Wildman–Crippen LogP) is 2.98. The molecule has 2 aromatic carbocycles. The van der Waals surface area contributed by atoms with Crippen LogP contribution in [0.5, 0.6) is 0 Å². The number of carbonyl (C=O) groups is 1. The molecule has 0 atom stereocenters. The van der Waals surface area contributed by atoms with Crippen LogP contribution in [-0.2, 0) is 16.4 Å². The Labute approximate surface area is 131 Å². The van der Waals surface area contributed by atoms with Crippen molar-refractivity contribution in [3.63, 3.8) is 0 Å². The summed E-state index contributed by atoms with van der Waals surface area (Å²) in [4.78, 5) is 12.3. The average Bonchev–Trinajstić information content (AvgIpc) is 2.49. The molecule has 0 bridgehead atoms. The van der Waals surface area contributed by atoms with Crippen LogP contribution in [0.1, 0.15) is 34.0 Å². The molecule has 1 N–H and O–H groups in total. The van der Waals surface area contributed by atoms with Crippen molar-refractivity contribution in [2.75, 3.05) is 0 Å². The molecular weight excluding hydrogens is 298 g/mol. The Bertz CT molecular complexity index is 793. The zero-order valence-electron chi connectivity index (χ0n) is 12.9. The van der Waals surface area contributed by atoms with Gasteiger partial charge in [-0.2, -0.15) is 0 Å². The van der Waals surface area contributed by atoms with Gasteiger partial charge in [0, 0.05) is 5.56 Å². The van der Waals surface area contributed by atoms with Gasteiger partial charge < -0.3 is 0 Å². The predicted molar refractivity (Wildman–Crippen MR) is 86.4 cm³/mol. The van der Waals surface area contributed by atoms with Crippen molar-refractivity contribution in [1.29, 1.82) is 0 Å². The first-order chi connectivity index (χ1) is 10.3. The van der Waals surface area contributed by atoms with Gasteiger partial charge in [-0.1, -0.05) is 31.2 Å². The molecule has 2 rings (SSSR count). The third-order valence-electron chi connectivity index (χ3n) is 3.48. The van der Waals surface area contributed by atoms with E-state index in [0.717, 1.165) is 17.5 Å². The molecule has 1 amide bonds. The molecule has 0 unspecified atom stereocenters. The maximum Gasteiger partial charge on any atom is 0.264 e. The highest BCUT2D eigenvalue weighted by molar-refractivity contribution is 7.90. The van der Waals surface area contributed by atoms with Crippen LogP contribution in [0.2, 0.25) is 0 Å². The van der Waals surface area contributed by atoms with Gasteiger partial charge in [-0.05, 0) is 55.2 Å². The summed E-state index contributed by atoms with van der Waals surface area (Å²) in [5.74, 6) is -0.622. The van der Waals surface area contributed by atoms with E-state index < -0.39 is 15.9 Å². The van der Waals surface area contributed by atoms with Crippen LogP contribution in [0, 0.1) is 13.8 Å². The van der Waals surface area contributed by atoms with Crippen LogP contribution in [0.3, 0.4) is 0 Å². The van der Waals surface area contributed by atoms with Crippen molar-refractivity contribution in [1.82, 2.24) is 4.72 Å². The first-order valence-corrected chi connectivity index (χ1v) is 8.55. The lowest BCUT2D eigenvalue weighted by atomic mass is 10.1. The summed E-state index contributed by atoms with van der Waals surface area (Å²) in [5.41, 5.74) is 2.85. The molecule has 116 valence electrons. The number of nitrogens with one attached hydrogen (secondary N) is 1. The molecule has 2 aromatic rings. The average molecular weight is 317 g/mol. The van der Waals surface area contributed by atoms with Crippen LogP contribution in [-0.4, -0.2) is 14.3 Å². The van der Waals surface area contributed by atoms with E-state index in [9.17, 15) is 13.2 Å². The number of hydrogen-bond donors (Lipinski definition) is 1. The topological polar surface area (TPSA) is 63.2 Å². The Hall–Kier alpha value is -2.14. The molecule has 0 radical (unpaired) electrons. The van der Waals surface area contributed by atoms with Gasteiger partial charge in [-0.15, -0.1) is 0 Å². The molecule has 0 aliphatic carbocycles. The Kier molecular flexibility index (Phi) is 4.66. The maximum absolute atomic E-state index is 12.4. The minimum absolute atomic E-state index is 0.131. The lowest BCUT2D eigenvalue weighted by molar-refractivity contribution is 0.0981. The molecular formula is C17H19NO3S. The maximum atomic E-state index is 12.4. The molecule has 0 aromatic heterocycles. The highest BCUT2D eigenvalue weighted by atomic mass is 32.2. The SMILES string of the molecule is CCc1ccc(C(=O)NS(=O)(=O)c2cc(C)ccc2C)cc1. The molecule has 5 heteroatoms. The van der Waals surface area contributed by atoms with Gasteiger partial charge >= 0.3 is 0 Å². The first kappa shape index (κ1) is 16.2. The minimum atomic E-state index is -3.88. The van der Waals surface area contributed by atoms with Crippen molar-refractivity contribution in [3.8, 4) is 0 Å². The Morgan fingerprint density at radius 2 is 1.68 bits per heavy atom. The summed E-state index contributed by atoms with van der Waals surface area (Å²) in [6.07, 6.45) is 0.864. The zero-order chi connectivity index (χ0) is 16.3. The van der Waals surface area contributed by atoms with Gasteiger partial charge in [0.25, 0.3) is 15.9 Å².